The molecule has 4 nitrogen and oxygen atoms in total. The molecule has 0 bridgehead atoms. The van der Waals surface area contributed by atoms with E-state index in [4.69, 9.17) is 9.47 Å². The molecule has 0 saturated carbocycles. The molecule has 0 radical (unpaired) electrons. The molecular weight excluding hydrogens is 338 g/mol. The zero-order valence-corrected chi connectivity index (χ0v) is 16.3. The van der Waals surface area contributed by atoms with Crippen LogP contribution in [0.15, 0.2) is 49.0 Å². The fourth-order valence-electron chi connectivity index (χ4n) is 3.12. The summed E-state index contributed by atoms with van der Waals surface area (Å²) < 4.78 is 11.7. The van der Waals surface area contributed by atoms with Crippen molar-refractivity contribution in [3.05, 3.63) is 71.3 Å². The number of carbonyl (C=O) groups excluding carboxylic acids is 1. The predicted octanol–water partition coefficient (Wildman–Crippen LogP) is 5.20. The number of benzene rings is 2. The Balaban J connectivity index is 1.82. The van der Waals surface area contributed by atoms with Gasteiger partial charge in [-0.2, -0.15) is 0 Å². The van der Waals surface area contributed by atoms with E-state index in [1.807, 2.05) is 63.2 Å². The van der Waals surface area contributed by atoms with E-state index in [2.05, 4.69) is 12.6 Å². The van der Waals surface area contributed by atoms with Gasteiger partial charge in [0.2, 0.25) is 0 Å². The number of rotatable bonds is 4. The SMILES string of the molecule is C=Cc1cc2c(c(OCc3ccccc3)c1)CN(C(=O)OC(C)(C)C)CC2. The summed E-state index contributed by atoms with van der Waals surface area (Å²) in [5, 5.41) is 0. The first kappa shape index (κ1) is 19.0. The lowest BCUT2D eigenvalue weighted by Crippen LogP contribution is -2.40. The Hall–Kier alpha value is -2.75. The van der Waals surface area contributed by atoms with E-state index in [1.54, 1.807) is 4.90 Å². The molecule has 3 rings (SSSR count). The van der Waals surface area contributed by atoms with E-state index in [1.165, 1.54) is 5.56 Å². The second kappa shape index (κ2) is 7.87. The van der Waals surface area contributed by atoms with Gasteiger partial charge in [-0.05, 0) is 49.9 Å². The van der Waals surface area contributed by atoms with Gasteiger partial charge >= 0.3 is 6.09 Å². The molecule has 0 saturated heterocycles. The lowest BCUT2D eigenvalue weighted by atomic mass is 9.96. The average Bonchev–Trinajstić information content (AvgIpc) is 2.65. The van der Waals surface area contributed by atoms with Crippen molar-refractivity contribution in [1.82, 2.24) is 4.90 Å². The summed E-state index contributed by atoms with van der Waals surface area (Å²) in [6.45, 7) is 11.1. The van der Waals surface area contributed by atoms with Crippen molar-refractivity contribution in [2.24, 2.45) is 0 Å². The normalized spacial score (nSPS) is 13.7. The van der Waals surface area contributed by atoms with Crippen LogP contribution in [0.2, 0.25) is 0 Å². The van der Waals surface area contributed by atoms with Crippen molar-refractivity contribution < 1.29 is 14.3 Å². The van der Waals surface area contributed by atoms with Crippen molar-refractivity contribution in [3.63, 3.8) is 0 Å². The summed E-state index contributed by atoms with van der Waals surface area (Å²) in [4.78, 5) is 14.2. The predicted molar refractivity (Wildman–Crippen MR) is 108 cm³/mol. The molecule has 142 valence electrons. The van der Waals surface area contributed by atoms with Crippen molar-refractivity contribution >= 4 is 12.2 Å². The Labute approximate surface area is 161 Å². The summed E-state index contributed by atoms with van der Waals surface area (Å²) in [5.41, 5.74) is 3.89. The first-order valence-electron chi connectivity index (χ1n) is 9.28. The van der Waals surface area contributed by atoms with Crippen LogP contribution in [-0.4, -0.2) is 23.1 Å². The Morgan fingerprint density at radius 1 is 1.22 bits per heavy atom. The van der Waals surface area contributed by atoms with Gasteiger partial charge in [-0.3, -0.25) is 0 Å². The second-order valence-corrected chi connectivity index (χ2v) is 7.79. The maximum atomic E-state index is 12.5. The topological polar surface area (TPSA) is 38.8 Å². The molecule has 1 aliphatic heterocycles. The van der Waals surface area contributed by atoms with Gasteiger partial charge in [0.25, 0.3) is 0 Å². The van der Waals surface area contributed by atoms with Gasteiger partial charge in [0.15, 0.2) is 0 Å². The second-order valence-electron chi connectivity index (χ2n) is 7.79. The molecule has 1 amide bonds. The molecular formula is C23H27NO3. The van der Waals surface area contributed by atoms with E-state index in [-0.39, 0.29) is 6.09 Å². The van der Waals surface area contributed by atoms with Crippen LogP contribution < -0.4 is 4.74 Å². The minimum Gasteiger partial charge on any atom is -0.489 e. The first-order chi connectivity index (χ1) is 12.9. The smallest absolute Gasteiger partial charge is 0.410 e. The summed E-state index contributed by atoms with van der Waals surface area (Å²) in [6.07, 6.45) is 2.32. The third-order valence-electron chi connectivity index (χ3n) is 4.45. The van der Waals surface area contributed by atoms with Crippen LogP contribution >= 0.6 is 0 Å². The van der Waals surface area contributed by atoms with Crippen LogP contribution in [0.3, 0.4) is 0 Å². The summed E-state index contributed by atoms with van der Waals surface area (Å²) >= 11 is 0. The average molecular weight is 365 g/mol. The van der Waals surface area contributed by atoms with E-state index in [0.29, 0.717) is 19.7 Å². The maximum Gasteiger partial charge on any atom is 0.410 e. The molecule has 0 spiro atoms. The van der Waals surface area contributed by atoms with Crippen LogP contribution in [0.5, 0.6) is 5.75 Å². The van der Waals surface area contributed by atoms with Crippen LogP contribution in [0.1, 0.15) is 43.0 Å². The molecule has 0 atom stereocenters. The molecule has 0 N–H and O–H groups in total. The van der Waals surface area contributed by atoms with Crippen LogP contribution in [0, 0.1) is 0 Å². The highest BCUT2D eigenvalue weighted by atomic mass is 16.6. The van der Waals surface area contributed by atoms with Crippen LogP contribution in [0.25, 0.3) is 6.08 Å². The standard InChI is InChI=1S/C23H27NO3/c1-5-17-13-19-11-12-24(22(25)27-23(2,3)4)15-20(19)21(14-17)26-16-18-9-7-6-8-10-18/h5-10,13-14H,1,11-12,15-16H2,2-4H3. The van der Waals surface area contributed by atoms with Gasteiger partial charge in [0.05, 0.1) is 6.54 Å². The third kappa shape index (κ3) is 4.91. The highest BCUT2D eigenvalue weighted by molar-refractivity contribution is 5.69. The summed E-state index contributed by atoms with van der Waals surface area (Å²) in [5.74, 6) is 0.805. The monoisotopic (exact) mass is 365 g/mol. The van der Waals surface area contributed by atoms with E-state index >= 15 is 0 Å². The molecule has 1 aliphatic rings. The molecule has 2 aromatic rings. The zero-order valence-electron chi connectivity index (χ0n) is 16.3. The van der Waals surface area contributed by atoms with Gasteiger partial charge in [0.1, 0.15) is 18.0 Å². The minimum absolute atomic E-state index is 0.282. The van der Waals surface area contributed by atoms with E-state index in [0.717, 1.165) is 28.9 Å². The zero-order chi connectivity index (χ0) is 19.4. The fraction of sp³-hybridized carbons (Fsp3) is 0.348. The van der Waals surface area contributed by atoms with Gasteiger partial charge in [-0.15, -0.1) is 0 Å². The molecule has 0 aliphatic carbocycles. The van der Waals surface area contributed by atoms with E-state index < -0.39 is 5.60 Å². The third-order valence-corrected chi connectivity index (χ3v) is 4.45. The lowest BCUT2D eigenvalue weighted by molar-refractivity contribution is 0.0222. The Morgan fingerprint density at radius 2 is 1.96 bits per heavy atom. The van der Waals surface area contributed by atoms with Crippen molar-refractivity contribution in [3.8, 4) is 5.75 Å². The first-order valence-corrected chi connectivity index (χ1v) is 9.28. The van der Waals surface area contributed by atoms with Crippen LogP contribution in [-0.2, 0) is 24.3 Å². The minimum atomic E-state index is -0.503. The van der Waals surface area contributed by atoms with E-state index in [9.17, 15) is 4.79 Å². The van der Waals surface area contributed by atoms with Crippen molar-refractivity contribution in [2.75, 3.05) is 6.54 Å². The van der Waals surface area contributed by atoms with Crippen molar-refractivity contribution in [2.45, 2.75) is 45.9 Å². The molecule has 4 heteroatoms. The molecule has 0 aromatic heterocycles. The maximum absolute atomic E-state index is 12.5. The number of carbonyl (C=O) groups is 1. The van der Waals surface area contributed by atoms with Crippen LogP contribution in [0.4, 0.5) is 4.79 Å². The largest absolute Gasteiger partial charge is 0.489 e. The number of nitrogens with zero attached hydrogens (tertiary/aromatic N) is 1. The number of hydrogen-bond acceptors (Lipinski definition) is 3. The Kier molecular flexibility index (Phi) is 5.54. The quantitative estimate of drug-likeness (QED) is 0.747. The number of ether oxygens (including phenoxy) is 2. The molecule has 27 heavy (non-hydrogen) atoms. The Bertz CT molecular complexity index is 822. The molecule has 0 unspecified atom stereocenters. The van der Waals surface area contributed by atoms with Gasteiger partial charge < -0.3 is 14.4 Å². The number of hydrogen-bond donors (Lipinski definition) is 0. The van der Waals surface area contributed by atoms with Gasteiger partial charge in [-0.1, -0.05) is 49.1 Å². The Morgan fingerprint density at radius 3 is 2.63 bits per heavy atom. The van der Waals surface area contributed by atoms with Gasteiger partial charge in [0, 0.05) is 12.1 Å². The lowest BCUT2D eigenvalue weighted by Gasteiger charge is -2.32. The number of amides is 1. The highest BCUT2D eigenvalue weighted by Crippen LogP contribution is 2.32. The number of fused-ring (bicyclic) bond motifs is 1. The van der Waals surface area contributed by atoms with Crippen molar-refractivity contribution in [1.29, 1.82) is 0 Å². The highest BCUT2D eigenvalue weighted by Gasteiger charge is 2.27. The fourth-order valence-corrected chi connectivity index (χ4v) is 3.12. The molecule has 1 heterocycles. The summed E-state index contributed by atoms with van der Waals surface area (Å²) in [6, 6.07) is 14.2. The van der Waals surface area contributed by atoms with Gasteiger partial charge in [-0.25, -0.2) is 4.79 Å². The summed E-state index contributed by atoms with van der Waals surface area (Å²) in [7, 11) is 0. The molecule has 0 fully saturated rings. The molecule has 2 aromatic carbocycles.